The molecular weight excluding hydrogens is 218 g/mol. The third-order valence-corrected chi connectivity index (χ3v) is 2.82. The molecule has 0 spiro atoms. The number of methoxy groups -OCH3 is 1. The summed E-state index contributed by atoms with van der Waals surface area (Å²) in [6, 6.07) is 5.91. The Morgan fingerprint density at radius 2 is 2.35 bits per heavy atom. The van der Waals surface area contributed by atoms with Crippen LogP contribution in [0.2, 0.25) is 0 Å². The maximum atomic E-state index is 5.96. The van der Waals surface area contributed by atoms with Gasteiger partial charge in [0.2, 0.25) is 0 Å². The number of ether oxygens (including phenoxy) is 3. The van der Waals surface area contributed by atoms with Gasteiger partial charge in [-0.25, -0.2) is 0 Å². The largest absolute Gasteiger partial charge is 0.497 e. The molecular formula is C13H19NO3. The van der Waals surface area contributed by atoms with Gasteiger partial charge in [-0.15, -0.1) is 0 Å². The Kier molecular flexibility index (Phi) is 4.23. The Bertz CT molecular complexity index is 362. The van der Waals surface area contributed by atoms with E-state index in [2.05, 4.69) is 5.32 Å². The Morgan fingerprint density at radius 1 is 1.47 bits per heavy atom. The van der Waals surface area contributed by atoms with Gasteiger partial charge in [-0.1, -0.05) is 6.07 Å². The fraction of sp³-hybridized carbons (Fsp3) is 0.538. The van der Waals surface area contributed by atoms with Gasteiger partial charge in [-0.05, 0) is 13.1 Å². The number of nitrogens with one attached hydrogen (secondary N) is 1. The second kappa shape index (κ2) is 5.89. The average Bonchev–Trinajstić information content (AvgIpc) is 2.84. The molecule has 1 heterocycles. The fourth-order valence-corrected chi connectivity index (χ4v) is 1.89. The minimum Gasteiger partial charge on any atom is -0.497 e. The molecule has 1 aromatic carbocycles. The molecule has 1 atom stereocenters. The van der Waals surface area contributed by atoms with E-state index in [9.17, 15) is 0 Å². The highest BCUT2D eigenvalue weighted by molar-refractivity contribution is 5.40. The highest BCUT2D eigenvalue weighted by Gasteiger charge is 2.18. The highest BCUT2D eigenvalue weighted by Crippen LogP contribution is 2.27. The minimum atomic E-state index is 0.165. The van der Waals surface area contributed by atoms with Crippen LogP contribution in [0.5, 0.6) is 11.5 Å². The van der Waals surface area contributed by atoms with Crippen LogP contribution in [0.1, 0.15) is 12.0 Å². The molecule has 1 aliphatic heterocycles. The molecule has 1 aliphatic rings. The van der Waals surface area contributed by atoms with Crippen molar-refractivity contribution in [2.75, 3.05) is 27.4 Å². The molecule has 0 saturated carbocycles. The number of hydrogen-bond donors (Lipinski definition) is 1. The van der Waals surface area contributed by atoms with Crippen molar-refractivity contribution < 1.29 is 14.2 Å². The lowest BCUT2D eigenvalue weighted by Crippen LogP contribution is -2.17. The van der Waals surface area contributed by atoms with Crippen LogP contribution in [0.25, 0.3) is 0 Å². The lowest BCUT2D eigenvalue weighted by Gasteiger charge is -2.16. The summed E-state index contributed by atoms with van der Waals surface area (Å²) in [7, 11) is 3.59. The molecule has 1 N–H and O–H groups in total. The van der Waals surface area contributed by atoms with Gasteiger partial charge in [0.25, 0.3) is 0 Å². The van der Waals surface area contributed by atoms with Crippen LogP contribution in [0.4, 0.5) is 0 Å². The summed E-state index contributed by atoms with van der Waals surface area (Å²) in [6.45, 7) is 2.25. The first kappa shape index (κ1) is 12.2. The molecule has 17 heavy (non-hydrogen) atoms. The molecule has 0 amide bonds. The zero-order valence-electron chi connectivity index (χ0n) is 10.4. The van der Waals surface area contributed by atoms with Gasteiger partial charge in [0.05, 0.1) is 20.3 Å². The summed E-state index contributed by atoms with van der Waals surface area (Å²) >= 11 is 0. The maximum absolute atomic E-state index is 5.96. The van der Waals surface area contributed by atoms with Crippen molar-refractivity contribution in [2.24, 2.45) is 0 Å². The summed E-state index contributed by atoms with van der Waals surface area (Å²) in [5.41, 5.74) is 1.14. The van der Waals surface area contributed by atoms with E-state index in [0.29, 0.717) is 6.61 Å². The Labute approximate surface area is 102 Å². The fourth-order valence-electron chi connectivity index (χ4n) is 1.89. The summed E-state index contributed by atoms with van der Waals surface area (Å²) in [4.78, 5) is 0. The van der Waals surface area contributed by atoms with Crippen molar-refractivity contribution in [3.8, 4) is 11.5 Å². The van der Waals surface area contributed by atoms with Crippen LogP contribution in [-0.4, -0.2) is 33.5 Å². The van der Waals surface area contributed by atoms with Crippen LogP contribution in [-0.2, 0) is 11.3 Å². The highest BCUT2D eigenvalue weighted by atomic mass is 16.5. The molecule has 1 unspecified atom stereocenters. The summed E-state index contributed by atoms with van der Waals surface area (Å²) in [6.07, 6.45) is 1.12. The van der Waals surface area contributed by atoms with Crippen LogP contribution in [0.15, 0.2) is 18.2 Å². The number of hydrogen-bond acceptors (Lipinski definition) is 4. The molecule has 0 aromatic heterocycles. The maximum Gasteiger partial charge on any atom is 0.128 e. The predicted molar refractivity (Wildman–Crippen MR) is 65.6 cm³/mol. The number of rotatable bonds is 5. The van der Waals surface area contributed by atoms with Gasteiger partial charge < -0.3 is 19.5 Å². The predicted octanol–water partition coefficient (Wildman–Crippen LogP) is 1.58. The quantitative estimate of drug-likeness (QED) is 0.844. The van der Waals surface area contributed by atoms with Gasteiger partial charge >= 0.3 is 0 Å². The van der Waals surface area contributed by atoms with Crippen molar-refractivity contribution >= 4 is 0 Å². The topological polar surface area (TPSA) is 39.7 Å². The minimum absolute atomic E-state index is 0.165. The molecule has 1 saturated heterocycles. The van der Waals surface area contributed by atoms with Gasteiger partial charge in [0.15, 0.2) is 0 Å². The lowest BCUT2D eigenvalue weighted by atomic mass is 10.2. The van der Waals surface area contributed by atoms with Crippen LogP contribution >= 0.6 is 0 Å². The van der Waals surface area contributed by atoms with E-state index in [-0.39, 0.29) is 6.10 Å². The van der Waals surface area contributed by atoms with Crippen molar-refractivity contribution in [1.82, 2.24) is 5.32 Å². The first-order valence-corrected chi connectivity index (χ1v) is 5.89. The van der Waals surface area contributed by atoms with Gasteiger partial charge in [0, 0.05) is 24.6 Å². The molecule has 94 valence electrons. The monoisotopic (exact) mass is 237 g/mol. The Morgan fingerprint density at radius 3 is 3.00 bits per heavy atom. The smallest absolute Gasteiger partial charge is 0.128 e. The van der Waals surface area contributed by atoms with E-state index in [1.807, 2.05) is 25.2 Å². The molecule has 0 bridgehead atoms. The van der Waals surface area contributed by atoms with Crippen molar-refractivity contribution in [3.63, 3.8) is 0 Å². The molecule has 4 heteroatoms. The van der Waals surface area contributed by atoms with E-state index in [4.69, 9.17) is 14.2 Å². The van der Waals surface area contributed by atoms with Crippen LogP contribution in [0, 0.1) is 0 Å². The van der Waals surface area contributed by atoms with Gasteiger partial charge in [0.1, 0.15) is 17.6 Å². The molecule has 0 aliphatic carbocycles. The van der Waals surface area contributed by atoms with Crippen LogP contribution < -0.4 is 14.8 Å². The molecule has 0 radical (unpaired) electrons. The second-order valence-electron chi connectivity index (χ2n) is 4.11. The average molecular weight is 237 g/mol. The van der Waals surface area contributed by atoms with Crippen LogP contribution in [0.3, 0.4) is 0 Å². The van der Waals surface area contributed by atoms with E-state index in [1.54, 1.807) is 7.11 Å². The SMILES string of the molecule is CNCc1ccc(OC)cc1OC1CCOC1. The van der Waals surface area contributed by atoms with E-state index < -0.39 is 0 Å². The normalized spacial score (nSPS) is 19.3. The molecule has 4 nitrogen and oxygen atoms in total. The summed E-state index contributed by atoms with van der Waals surface area (Å²) in [5, 5.41) is 3.13. The van der Waals surface area contributed by atoms with E-state index in [0.717, 1.165) is 36.6 Å². The summed E-state index contributed by atoms with van der Waals surface area (Å²) in [5.74, 6) is 1.70. The Hall–Kier alpha value is -1.26. The third kappa shape index (κ3) is 3.11. The van der Waals surface area contributed by atoms with Crippen molar-refractivity contribution in [1.29, 1.82) is 0 Å². The van der Waals surface area contributed by atoms with Gasteiger partial charge in [-0.2, -0.15) is 0 Å². The molecule has 1 fully saturated rings. The molecule has 1 aromatic rings. The molecule has 2 rings (SSSR count). The standard InChI is InChI=1S/C13H19NO3/c1-14-8-10-3-4-11(15-2)7-13(10)17-12-5-6-16-9-12/h3-4,7,12,14H,5-6,8-9H2,1-2H3. The zero-order valence-corrected chi connectivity index (χ0v) is 10.4. The second-order valence-corrected chi connectivity index (χ2v) is 4.11. The van der Waals surface area contributed by atoms with Crippen molar-refractivity contribution in [2.45, 2.75) is 19.1 Å². The summed E-state index contributed by atoms with van der Waals surface area (Å²) < 4.78 is 16.5. The first-order valence-electron chi connectivity index (χ1n) is 5.89. The number of benzene rings is 1. The Balaban J connectivity index is 2.14. The lowest BCUT2D eigenvalue weighted by molar-refractivity contribution is 0.140. The third-order valence-electron chi connectivity index (χ3n) is 2.82. The zero-order chi connectivity index (χ0) is 12.1. The van der Waals surface area contributed by atoms with Crippen molar-refractivity contribution in [3.05, 3.63) is 23.8 Å². The van der Waals surface area contributed by atoms with Gasteiger partial charge in [-0.3, -0.25) is 0 Å². The first-order chi connectivity index (χ1) is 8.33. The van der Waals surface area contributed by atoms with E-state index >= 15 is 0 Å². The van der Waals surface area contributed by atoms with E-state index in [1.165, 1.54) is 0 Å².